The van der Waals surface area contributed by atoms with E-state index in [0.717, 1.165) is 22.3 Å². The van der Waals surface area contributed by atoms with Gasteiger partial charge in [0, 0.05) is 5.56 Å². The Morgan fingerprint density at radius 3 is 1.68 bits per heavy atom. The second kappa shape index (κ2) is 8.04. The van der Waals surface area contributed by atoms with Gasteiger partial charge in [0.2, 0.25) is 0 Å². The molecule has 0 radical (unpaired) electrons. The molecule has 112 valence electrons. The van der Waals surface area contributed by atoms with Gasteiger partial charge < -0.3 is 5.11 Å². The van der Waals surface area contributed by atoms with Crippen LogP contribution in [0.2, 0.25) is 0 Å². The van der Waals surface area contributed by atoms with E-state index in [2.05, 4.69) is 26.0 Å². The molecule has 0 amide bonds. The Morgan fingerprint density at radius 1 is 0.636 bits per heavy atom. The Kier molecular flexibility index (Phi) is 5.79. The molecule has 0 aliphatic rings. The zero-order valence-corrected chi connectivity index (χ0v) is 13.2. The Hall–Kier alpha value is -2.54. The van der Waals surface area contributed by atoms with Crippen molar-refractivity contribution in [1.29, 1.82) is 0 Å². The number of phenols is 1. The molecule has 3 aromatic carbocycles. The Morgan fingerprint density at radius 2 is 1.14 bits per heavy atom. The van der Waals surface area contributed by atoms with Crippen LogP contribution in [0.4, 0.5) is 0 Å². The molecule has 1 N–H and O–H groups in total. The molecule has 0 atom stereocenters. The third-order valence-corrected chi connectivity index (χ3v) is 3.19. The van der Waals surface area contributed by atoms with Crippen LogP contribution >= 0.6 is 0 Å². The van der Waals surface area contributed by atoms with Crippen LogP contribution in [-0.2, 0) is 0 Å². The van der Waals surface area contributed by atoms with Gasteiger partial charge in [-0.3, -0.25) is 0 Å². The summed E-state index contributed by atoms with van der Waals surface area (Å²) in [4.78, 5) is 0. The number of rotatable bonds is 2. The lowest BCUT2D eigenvalue weighted by atomic mass is 9.94. The van der Waals surface area contributed by atoms with E-state index in [1.54, 1.807) is 6.07 Å². The molecular weight excluding hydrogens is 268 g/mol. The molecule has 1 heteroatoms. The fraction of sp³-hybridized carbons (Fsp3) is 0.143. The van der Waals surface area contributed by atoms with Gasteiger partial charge in [-0.25, -0.2) is 0 Å². The summed E-state index contributed by atoms with van der Waals surface area (Å²) in [5, 5.41) is 10.2. The normalized spacial score (nSPS) is 9.73. The van der Waals surface area contributed by atoms with Crippen LogP contribution in [0.25, 0.3) is 22.3 Å². The van der Waals surface area contributed by atoms with Crippen molar-refractivity contribution in [3.63, 3.8) is 0 Å². The van der Waals surface area contributed by atoms with Crippen LogP contribution in [0, 0.1) is 0 Å². The predicted octanol–water partition coefficient (Wildman–Crippen LogP) is 6.14. The minimum atomic E-state index is 0.313. The molecule has 3 aromatic rings. The lowest BCUT2D eigenvalue weighted by molar-refractivity contribution is 0.477. The van der Waals surface area contributed by atoms with Crippen molar-refractivity contribution in [2.24, 2.45) is 0 Å². The molecule has 0 unspecified atom stereocenters. The molecule has 0 aliphatic carbocycles. The maximum Gasteiger partial charge on any atom is 0.124 e. The third kappa shape index (κ3) is 3.76. The van der Waals surface area contributed by atoms with Crippen LogP contribution in [-0.4, -0.2) is 5.11 Å². The number of hydrogen-bond acceptors (Lipinski definition) is 1. The molecule has 0 spiro atoms. The zero-order valence-electron chi connectivity index (χ0n) is 13.2. The fourth-order valence-electron chi connectivity index (χ4n) is 2.31. The quantitative estimate of drug-likeness (QED) is 0.600. The van der Waals surface area contributed by atoms with E-state index in [4.69, 9.17) is 0 Å². The average Bonchev–Trinajstić information content (AvgIpc) is 2.57. The van der Waals surface area contributed by atoms with E-state index >= 15 is 0 Å². The third-order valence-electron chi connectivity index (χ3n) is 3.19. The first-order valence-electron chi connectivity index (χ1n) is 7.70. The van der Waals surface area contributed by atoms with E-state index in [0.29, 0.717) is 5.75 Å². The van der Waals surface area contributed by atoms with E-state index in [1.165, 1.54) is 6.42 Å². The van der Waals surface area contributed by atoms with Crippen molar-refractivity contribution in [2.45, 2.75) is 20.3 Å². The molecule has 0 saturated heterocycles. The fourth-order valence-corrected chi connectivity index (χ4v) is 2.31. The minimum Gasteiger partial charge on any atom is -0.507 e. The molecule has 0 fully saturated rings. The van der Waals surface area contributed by atoms with E-state index in [9.17, 15) is 5.11 Å². The second-order valence-corrected chi connectivity index (χ2v) is 5.14. The summed E-state index contributed by atoms with van der Waals surface area (Å²) in [5.74, 6) is 0.313. The highest BCUT2D eigenvalue weighted by Gasteiger charge is 2.10. The molecule has 0 aromatic heterocycles. The van der Waals surface area contributed by atoms with Gasteiger partial charge in [0.05, 0.1) is 0 Å². The summed E-state index contributed by atoms with van der Waals surface area (Å²) in [5.41, 5.74) is 4.07. The van der Waals surface area contributed by atoms with Crippen molar-refractivity contribution in [3.05, 3.63) is 78.9 Å². The van der Waals surface area contributed by atoms with Crippen LogP contribution in [0.5, 0.6) is 5.75 Å². The van der Waals surface area contributed by atoms with Gasteiger partial charge in [-0.1, -0.05) is 93.1 Å². The van der Waals surface area contributed by atoms with Gasteiger partial charge in [0.25, 0.3) is 0 Å². The minimum absolute atomic E-state index is 0.313. The number of hydrogen-bond donors (Lipinski definition) is 1. The van der Waals surface area contributed by atoms with Gasteiger partial charge >= 0.3 is 0 Å². The molecular formula is C21H22O. The van der Waals surface area contributed by atoms with Crippen LogP contribution in [0.15, 0.2) is 78.9 Å². The molecule has 22 heavy (non-hydrogen) atoms. The van der Waals surface area contributed by atoms with Gasteiger partial charge in [0.15, 0.2) is 0 Å². The Bertz CT molecular complexity index is 688. The first-order valence-corrected chi connectivity index (χ1v) is 7.70. The predicted molar refractivity (Wildman–Crippen MR) is 94.9 cm³/mol. The Balaban J connectivity index is 0.000000545. The van der Waals surface area contributed by atoms with Crippen LogP contribution in [0.1, 0.15) is 20.3 Å². The maximum atomic E-state index is 10.2. The highest BCUT2D eigenvalue weighted by molar-refractivity contribution is 5.87. The van der Waals surface area contributed by atoms with Crippen molar-refractivity contribution < 1.29 is 5.11 Å². The number of phenolic OH excluding ortho intramolecular Hbond substituents is 1. The molecule has 0 saturated carbocycles. The molecule has 0 aliphatic heterocycles. The second-order valence-electron chi connectivity index (χ2n) is 5.14. The monoisotopic (exact) mass is 290 g/mol. The first kappa shape index (κ1) is 15.8. The standard InChI is InChI=1S/C18H14O.C3H8/c19-17-13-7-12-16(14-8-3-1-4-9-14)18(17)15-10-5-2-6-11-15;1-3-2/h1-13,19H;3H2,1-2H3. The van der Waals surface area contributed by atoms with Crippen molar-refractivity contribution >= 4 is 0 Å². The summed E-state index contributed by atoms with van der Waals surface area (Å²) >= 11 is 0. The van der Waals surface area contributed by atoms with Crippen LogP contribution in [0.3, 0.4) is 0 Å². The van der Waals surface area contributed by atoms with E-state index in [-0.39, 0.29) is 0 Å². The number of aromatic hydroxyl groups is 1. The van der Waals surface area contributed by atoms with Crippen LogP contribution < -0.4 is 0 Å². The first-order chi connectivity index (χ1) is 10.8. The largest absolute Gasteiger partial charge is 0.507 e. The summed E-state index contributed by atoms with van der Waals surface area (Å²) in [6.45, 7) is 4.25. The summed E-state index contributed by atoms with van der Waals surface area (Å²) in [6, 6.07) is 25.7. The Labute approximate surface area is 132 Å². The van der Waals surface area contributed by atoms with Crippen molar-refractivity contribution in [2.75, 3.05) is 0 Å². The van der Waals surface area contributed by atoms with Crippen molar-refractivity contribution in [1.82, 2.24) is 0 Å². The number of benzene rings is 3. The highest BCUT2D eigenvalue weighted by Crippen LogP contribution is 2.38. The molecule has 3 rings (SSSR count). The molecule has 0 bridgehead atoms. The van der Waals surface area contributed by atoms with Gasteiger partial charge in [-0.2, -0.15) is 0 Å². The highest BCUT2D eigenvalue weighted by atomic mass is 16.3. The molecule has 1 nitrogen and oxygen atoms in total. The average molecular weight is 290 g/mol. The van der Waals surface area contributed by atoms with Crippen molar-refractivity contribution in [3.8, 4) is 28.0 Å². The lowest BCUT2D eigenvalue weighted by Crippen LogP contribution is -1.85. The molecule has 0 heterocycles. The smallest absolute Gasteiger partial charge is 0.124 e. The van der Waals surface area contributed by atoms with Gasteiger partial charge in [-0.15, -0.1) is 0 Å². The van der Waals surface area contributed by atoms with Gasteiger partial charge in [-0.05, 0) is 22.8 Å². The summed E-state index contributed by atoms with van der Waals surface area (Å²) < 4.78 is 0. The van der Waals surface area contributed by atoms with Gasteiger partial charge in [0.1, 0.15) is 5.75 Å². The maximum absolute atomic E-state index is 10.2. The van der Waals surface area contributed by atoms with E-state index < -0.39 is 0 Å². The summed E-state index contributed by atoms with van der Waals surface area (Å²) in [7, 11) is 0. The topological polar surface area (TPSA) is 20.2 Å². The summed E-state index contributed by atoms with van der Waals surface area (Å²) in [6.07, 6.45) is 1.25. The zero-order chi connectivity index (χ0) is 15.8. The SMILES string of the molecule is CCC.Oc1cccc(-c2ccccc2)c1-c1ccccc1. The van der Waals surface area contributed by atoms with E-state index in [1.807, 2.05) is 60.7 Å². The lowest BCUT2D eigenvalue weighted by Gasteiger charge is -2.12.